The van der Waals surface area contributed by atoms with Crippen LogP contribution in [0, 0.1) is 6.92 Å². The van der Waals surface area contributed by atoms with Gasteiger partial charge in [0.1, 0.15) is 15.4 Å². The maximum Gasteiger partial charge on any atom is 0.433 e. The van der Waals surface area contributed by atoms with E-state index in [0.717, 1.165) is 11.6 Å². The zero-order chi connectivity index (χ0) is 30.9. The Morgan fingerprint density at radius 3 is 2.33 bits per heavy atom. The van der Waals surface area contributed by atoms with Crippen LogP contribution in [0.25, 0.3) is 21.3 Å². The largest absolute Gasteiger partial charge is 0.493 e. The SMILES string of the molecule is COc1cccc(OC)c1OCn1ccc(C(=O)Nc2c(C(N)=O)sc3nc(C(F)(F)F)cc(-c4ccc(C)cc4)c23)n1. The van der Waals surface area contributed by atoms with E-state index in [1.54, 1.807) is 42.5 Å². The highest BCUT2D eigenvalue weighted by atomic mass is 32.1. The number of nitrogens with zero attached hydrogens (tertiary/aromatic N) is 3. The number of carbonyl (C=O) groups is 2. The number of methoxy groups -OCH3 is 2. The molecule has 3 heterocycles. The molecule has 2 aromatic carbocycles. The van der Waals surface area contributed by atoms with Gasteiger partial charge in [-0.1, -0.05) is 35.9 Å². The molecular formula is C29H24F3N5O5S. The Bertz CT molecular complexity index is 1810. The number of amides is 2. The van der Waals surface area contributed by atoms with Crippen molar-refractivity contribution in [3.05, 3.63) is 82.6 Å². The van der Waals surface area contributed by atoms with Crippen molar-refractivity contribution in [1.29, 1.82) is 0 Å². The number of aromatic nitrogens is 3. The minimum Gasteiger partial charge on any atom is -0.493 e. The van der Waals surface area contributed by atoms with Crippen LogP contribution in [0.4, 0.5) is 18.9 Å². The molecule has 0 spiro atoms. The summed E-state index contributed by atoms with van der Waals surface area (Å²) in [5.41, 5.74) is 5.78. The molecule has 0 saturated heterocycles. The third kappa shape index (κ3) is 5.95. The second kappa shape index (κ2) is 11.6. The Kier molecular flexibility index (Phi) is 7.96. The van der Waals surface area contributed by atoms with Gasteiger partial charge in [0.2, 0.25) is 5.75 Å². The normalized spacial score (nSPS) is 11.4. The van der Waals surface area contributed by atoms with Crippen LogP contribution in [-0.4, -0.2) is 40.8 Å². The summed E-state index contributed by atoms with van der Waals surface area (Å²) in [5, 5.41) is 7.00. The van der Waals surface area contributed by atoms with Crippen molar-refractivity contribution in [2.75, 3.05) is 19.5 Å². The lowest BCUT2D eigenvalue weighted by Crippen LogP contribution is -2.18. The summed E-state index contributed by atoms with van der Waals surface area (Å²) < 4.78 is 59.1. The minimum atomic E-state index is -4.75. The molecule has 0 aliphatic carbocycles. The number of hydrogen-bond donors (Lipinski definition) is 2. The van der Waals surface area contributed by atoms with Crippen molar-refractivity contribution in [2.24, 2.45) is 5.73 Å². The van der Waals surface area contributed by atoms with Gasteiger partial charge in [0.25, 0.3) is 11.8 Å². The number of pyridine rings is 1. The number of rotatable bonds is 9. The van der Waals surface area contributed by atoms with Crippen LogP contribution in [0.2, 0.25) is 0 Å². The van der Waals surface area contributed by atoms with Gasteiger partial charge in [-0.25, -0.2) is 9.67 Å². The Morgan fingerprint density at radius 1 is 1.05 bits per heavy atom. The number of benzene rings is 2. The summed E-state index contributed by atoms with van der Waals surface area (Å²) in [5.74, 6) is -0.477. The molecule has 3 aromatic heterocycles. The van der Waals surface area contributed by atoms with Crippen LogP contribution < -0.4 is 25.3 Å². The van der Waals surface area contributed by atoms with Gasteiger partial charge in [-0.3, -0.25) is 9.59 Å². The zero-order valence-corrected chi connectivity index (χ0v) is 23.8. The second-order valence-electron chi connectivity index (χ2n) is 9.23. The second-order valence-corrected chi connectivity index (χ2v) is 10.2. The van der Waals surface area contributed by atoms with Gasteiger partial charge in [-0.05, 0) is 42.3 Å². The van der Waals surface area contributed by atoms with E-state index in [1.807, 2.05) is 6.92 Å². The van der Waals surface area contributed by atoms with Gasteiger partial charge in [-0.2, -0.15) is 18.3 Å². The van der Waals surface area contributed by atoms with E-state index in [-0.39, 0.29) is 38.8 Å². The number of fused-ring (bicyclic) bond motifs is 1. The van der Waals surface area contributed by atoms with Crippen molar-refractivity contribution < 1.29 is 37.0 Å². The third-order valence-electron chi connectivity index (χ3n) is 6.37. The number of alkyl halides is 3. The van der Waals surface area contributed by atoms with E-state index in [4.69, 9.17) is 19.9 Å². The molecule has 2 amide bonds. The molecule has 222 valence electrons. The predicted molar refractivity (Wildman–Crippen MR) is 154 cm³/mol. The van der Waals surface area contributed by atoms with Crippen LogP contribution in [0.5, 0.6) is 17.2 Å². The standard InChI is InChI=1S/C29H24F3N5O5S/c1-15-7-9-16(10-8-15)17-13-21(29(30,31)32)34-28-22(17)23(25(43-28)26(33)38)35-27(39)18-11-12-37(36-18)14-42-24-19(40-2)5-4-6-20(24)41-3/h4-13H,14H2,1-3H3,(H2,33,38)(H,35,39). The van der Waals surface area contributed by atoms with Crippen molar-refractivity contribution in [3.8, 4) is 28.4 Å². The summed E-state index contributed by atoms with van der Waals surface area (Å²) in [6, 6.07) is 14.2. The summed E-state index contributed by atoms with van der Waals surface area (Å²) in [7, 11) is 2.96. The third-order valence-corrected chi connectivity index (χ3v) is 7.47. The average Bonchev–Trinajstić information content (AvgIpc) is 3.60. The fraction of sp³-hybridized carbons (Fsp3) is 0.172. The van der Waals surface area contributed by atoms with E-state index >= 15 is 0 Å². The Balaban J connectivity index is 1.50. The zero-order valence-electron chi connectivity index (χ0n) is 23.0. The molecule has 0 atom stereocenters. The predicted octanol–water partition coefficient (Wildman–Crippen LogP) is 5.89. The number of nitrogens with one attached hydrogen (secondary N) is 1. The lowest BCUT2D eigenvalue weighted by atomic mass is 10.00. The topological polar surface area (TPSA) is 131 Å². The van der Waals surface area contributed by atoms with E-state index < -0.39 is 23.7 Å². The van der Waals surface area contributed by atoms with Crippen molar-refractivity contribution in [2.45, 2.75) is 19.8 Å². The van der Waals surface area contributed by atoms with Crippen molar-refractivity contribution in [1.82, 2.24) is 14.8 Å². The molecule has 0 radical (unpaired) electrons. The number of hydrogen-bond acceptors (Lipinski definition) is 8. The monoisotopic (exact) mass is 611 g/mol. The smallest absolute Gasteiger partial charge is 0.433 e. The van der Waals surface area contributed by atoms with Crippen LogP contribution in [-0.2, 0) is 12.9 Å². The first-order chi connectivity index (χ1) is 20.5. The average molecular weight is 612 g/mol. The maximum absolute atomic E-state index is 13.8. The van der Waals surface area contributed by atoms with Gasteiger partial charge in [0, 0.05) is 11.6 Å². The molecule has 5 rings (SSSR count). The van der Waals surface area contributed by atoms with Crippen molar-refractivity contribution >= 4 is 39.1 Å². The van der Waals surface area contributed by atoms with E-state index in [2.05, 4.69) is 15.4 Å². The number of primary amides is 1. The fourth-order valence-electron chi connectivity index (χ4n) is 4.32. The molecule has 10 nitrogen and oxygen atoms in total. The highest BCUT2D eigenvalue weighted by molar-refractivity contribution is 7.21. The number of nitrogens with two attached hydrogens (primary N) is 1. The van der Waals surface area contributed by atoms with Gasteiger partial charge in [0.15, 0.2) is 23.9 Å². The van der Waals surface area contributed by atoms with E-state index in [1.165, 1.54) is 31.2 Å². The van der Waals surface area contributed by atoms with Gasteiger partial charge < -0.3 is 25.3 Å². The minimum absolute atomic E-state index is 0.0536. The van der Waals surface area contributed by atoms with Gasteiger partial charge >= 0.3 is 6.18 Å². The van der Waals surface area contributed by atoms with Crippen LogP contribution >= 0.6 is 11.3 Å². The van der Waals surface area contributed by atoms with Crippen LogP contribution in [0.3, 0.4) is 0 Å². The Hall–Kier alpha value is -5.11. The lowest BCUT2D eigenvalue weighted by molar-refractivity contribution is -0.140. The Morgan fingerprint density at radius 2 is 1.72 bits per heavy atom. The molecule has 0 fully saturated rings. The molecule has 0 bridgehead atoms. The Labute approximate surface area is 246 Å². The number of halogens is 3. The quantitative estimate of drug-likeness (QED) is 0.213. The number of thiophene rings is 1. The summed E-state index contributed by atoms with van der Waals surface area (Å²) in [6.45, 7) is 1.73. The van der Waals surface area contributed by atoms with Crippen LogP contribution in [0.15, 0.2) is 60.8 Å². The first kappa shape index (κ1) is 29.4. The summed E-state index contributed by atoms with van der Waals surface area (Å²) in [6.07, 6.45) is -3.26. The molecule has 0 saturated carbocycles. The molecule has 5 aromatic rings. The number of ether oxygens (including phenoxy) is 3. The highest BCUT2D eigenvalue weighted by Gasteiger charge is 2.35. The molecular weight excluding hydrogens is 587 g/mol. The lowest BCUT2D eigenvalue weighted by Gasteiger charge is -2.14. The summed E-state index contributed by atoms with van der Waals surface area (Å²) in [4.78, 5) is 29.2. The van der Waals surface area contributed by atoms with Crippen LogP contribution in [0.1, 0.15) is 31.4 Å². The number of aryl methyl sites for hydroxylation is 1. The molecule has 14 heteroatoms. The maximum atomic E-state index is 13.8. The van der Waals surface area contributed by atoms with Crippen molar-refractivity contribution in [3.63, 3.8) is 0 Å². The molecule has 0 aliphatic rings. The highest BCUT2D eigenvalue weighted by Crippen LogP contribution is 2.44. The summed E-state index contributed by atoms with van der Waals surface area (Å²) >= 11 is 0.660. The molecule has 0 aliphatic heterocycles. The number of carbonyl (C=O) groups excluding carboxylic acids is 2. The molecule has 3 N–H and O–H groups in total. The molecule has 43 heavy (non-hydrogen) atoms. The first-order valence-electron chi connectivity index (χ1n) is 12.6. The number of anilines is 1. The molecule has 0 unspecified atom stereocenters. The fourth-order valence-corrected chi connectivity index (χ4v) is 5.33. The van der Waals surface area contributed by atoms with E-state index in [9.17, 15) is 22.8 Å². The van der Waals surface area contributed by atoms with E-state index in [0.29, 0.717) is 34.1 Å². The number of para-hydroxylation sites is 1. The van der Waals surface area contributed by atoms with Gasteiger partial charge in [-0.15, -0.1) is 11.3 Å². The first-order valence-corrected chi connectivity index (χ1v) is 13.4. The van der Waals surface area contributed by atoms with Gasteiger partial charge in [0.05, 0.1) is 19.9 Å².